The van der Waals surface area contributed by atoms with Crippen molar-refractivity contribution in [3.8, 4) is 0 Å². The van der Waals surface area contributed by atoms with Crippen LogP contribution < -0.4 is 0 Å². The molecule has 0 fully saturated rings. The van der Waals surface area contributed by atoms with Gasteiger partial charge in [-0.05, 0) is 37.7 Å². The van der Waals surface area contributed by atoms with Crippen molar-refractivity contribution in [3.63, 3.8) is 0 Å². The van der Waals surface area contributed by atoms with Crippen LogP contribution >= 0.6 is 11.3 Å². The molecule has 4 nitrogen and oxygen atoms in total. The van der Waals surface area contributed by atoms with Crippen molar-refractivity contribution < 1.29 is 9.53 Å². The minimum absolute atomic E-state index is 0.338. The second kappa shape index (κ2) is 5.81. The molecule has 0 amide bonds. The standard InChI is InChI=1S/C18H18N2O2S/c1-2-22-17(21)14-11-20-15-9-8-13(12-6-4-3-5-7-12)10-16(15)23-18(20)19-14/h3-7,11,13H,2,8-10H2,1H3. The van der Waals surface area contributed by atoms with Gasteiger partial charge in [0.15, 0.2) is 10.7 Å². The molecule has 3 aromatic rings. The highest BCUT2D eigenvalue weighted by molar-refractivity contribution is 7.17. The first-order chi connectivity index (χ1) is 11.3. The summed E-state index contributed by atoms with van der Waals surface area (Å²) in [6.45, 7) is 2.18. The van der Waals surface area contributed by atoms with Gasteiger partial charge in [-0.15, -0.1) is 11.3 Å². The van der Waals surface area contributed by atoms with Crippen molar-refractivity contribution >= 4 is 22.3 Å². The zero-order chi connectivity index (χ0) is 15.8. The average Bonchev–Trinajstić information content (AvgIpc) is 3.13. The Labute approximate surface area is 138 Å². The van der Waals surface area contributed by atoms with E-state index < -0.39 is 0 Å². The van der Waals surface area contributed by atoms with Crippen molar-refractivity contribution in [1.29, 1.82) is 0 Å². The minimum atomic E-state index is -0.338. The van der Waals surface area contributed by atoms with Crippen LogP contribution in [0.2, 0.25) is 0 Å². The smallest absolute Gasteiger partial charge is 0.358 e. The predicted molar refractivity (Wildman–Crippen MR) is 90.2 cm³/mol. The number of benzene rings is 1. The van der Waals surface area contributed by atoms with E-state index in [2.05, 4.69) is 39.7 Å². The number of aryl methyl sites for hydroxylation is 1. The maximum Gasteiger partial charge on any atom is 0.358 e. The van der Waals surface area contributed by atoms with E-state index in [1.165, 1.54) is 16.1 Å². The van der Waals surface area contributed by atoms with E-state index in [0.29, 0.717) is 18.2 Å². The van der Waals surface area contributed by atoms with Crippen molar-refractivity contribution in [3.05, 3.63) is 58.4 Å². The molecule has 1 aliphatic carbocycles. The lowest BCUT2D eigenvalue weighted by Crippen LogP contribution is -2.12. The Morgan fingerprint density at radius 1 is 1.39 bits per heavy atom. The first kappa shape index (κ1) is 14.5. The van der Waals surface area contributed by atoms with Gasteiger partial charge in [-0.25, -0.2) is 9.78 Å². The number of ether oxygens (including phenoxy) is 1. The van der Waals surface area contributed by atoms with Gasteiger partial charge in [-0.2, -0.15) is 0 Å². The molecule has 118 valence electrons. The lowest BCUT2D eigenvalue weighted by Gasteiger charge is -2.22. The average molecular weight is 326 g/mol. The predicted octanol–water partition coefficient (Wildman–Crippen LogP) is 3.85. The molecule has 23 heavy (non-hydrogen) atoms. The van der Waals surface area contributed by atoms with E-state index in [-0.39, 0.29) is 5.97 Å². The molecule has 1 unspecified atom stereocenters. The Hall–Kier alpha value is -2.14. The molecule has 4 rings (SSSR count). The van der Waals surface area contributed by atoms with Crippen LogP contribution in [0.5, 0.6) is 0 Å². The summed E-state index contributed by atoms with van der Waals surface area (Å²) in [4.78, 5) is 18.6. The highest BCUT2D eigenvalue weighted by Crippen LogP contribution is 2.37. The van der Waals surface area contributed by atoms with E-state index in [1.807, 2.05) is 13.1 Å². The Morgan fingerprint density at radius 2 is 2.22 bits per heavy atom. The molecule has 0 radical (unpaired) electrons. The van der Waals surface area contributed by atoms with Crippen LogP contribution in [0.1, 0.15) is 45.9 Å². The number of esters is 1. The second-order valence-corrected chi connectivity index (χ2v) is 6.88. The highest BCUT2D eigenvalue weighted by atomic mass is 32.1. The number of thiazole rings is 1. The van der Waals surface area contributed by atoms with Gasteiger partial charge in [0.05, 0.1) is 6.61 Å². The molecule has 0 spiro atoms. The number of carbonyl (C=O) groups is 1. The number of nitrogens with zero attached hydrogens (tertiary/aromatic N) is 2. The zero-order valence-corrected chi connectivity index (χ0v) is 13.8. The third-order valence-corrected chi connectivity index (χ3v) is 5.54. The Morgan fingerprint density at radius 3 is 3.00 bits per heavy atom. The molecular formula is C18H18N2O2S. The first-order valence-electron chi connectivity index (χ1n) is 7.98. The van der Waals surface area contributed by atoms with Gasteiger partial charge in [-0.1, -0.05) is 30.3 Å². The third kappa shape index (κ3) is 2.55. The number of rotatable bonds is 3. The molecule has 5 heteroatoms. The van der Waals surface area contributed by atoms with Gasteiger partial charge in [0.1, 0.15) is 0 Å². The summed E-state index contributed by atoms with van der Waals surface area (Å²) in [6, 6.07) is 10.7. The van der Waals surface area contributed by atoms with E-state index >= 15 is 0 Å². The third-order valence-electron chi connectivity index (χ3n) is 4.42. The molecule has 0 N–H and O–H groups in total. The fourth-order valence-electron chi connectivity index (χ4n) is 3.30. The maximum atomic E-state index is 11.8. The van der Waals surface area contributed by atoms with Gasteiger partial charge in [0.2, 0.25) is 0 Å². The van der Waals surface area contributed by atoms with Crippen molar-refractivity contribution in [2.45, 2.75) is 32.1 Å². The monoisotopic (exact) mass is 326 g/mol. The molecule has 0 saturated heterocycles. The van der Waals surface area contributed by atoms with Crippen molar-refractivity contribution in [2.24, 2.45) is 0 Å². The van der Waals surface area contributed by atoms with Crippen molar-refractivity contribution in [2.75, 3.05) is 6.61 Å². The van der Waals surface area contributed by atoms with E-state index in [0.717, 1.165) is 24.2 Å². The molecule has 2 aromatic heterocycles. The zero-order valence-electron chi connectivity index (χ0n) is 13.0. The van der Waals surface area contributed by atoms with Crippen LogP contribution in [-0.4, -0.2) is 22.0 Å². The molecule has 0 aliphatic heterocycles. The number of hydrogen-bond acceptors (Lipinski definition) is 4. The van der Waals surface area contributed by atoms with Gasteiger partial charge >= 0.3 is 5.97 Å². The first-order valence-corrected chi connectivity index (χ1v) is 8.79. The summed E-state index contributed by atoms with van der Waals surface area (Å²) < 4.78 is 7.11. The summed E-state index contributed by atoms with van der Waals surface area (Å²) in [7, 11) is 0. The lowest BCUT2D eigenvalue weighted by atomic mass is 9.85. The van der Waals surface area contributed by atoms with Crippen LogP contribution in [-0.2, 0) is 17.6 Å². The van der Waals surface area contributed by atoms with E-state index in [1.54, 1.807) is 11.3 Å². The van der Waals surface area contributed by atoms with Crippen LogP contribution in [0, 0.1) is 0 Å². The summed E-state index contributed by atoms with van der Waals surface area (Å²) in [5, 5.41) is 0. The lowest BCUT2D eigenvalue weighted by molar-refractivity contribution is 0.0520. The maximum absolute atomic E-state index is 11.8. The number of fused-ring (bicyclic) bond motifs is 3. The summed E-state index contributed by atoms with van der Waals surface area (Å²) >= 11 is 1.70. The van der Waals surface area contributed by atoms with Crippen LogP contribution in [0.4, 0.5) is 0 Å². The normalized spacial score (nSPS) is 17.2. The quantitative estimate of drug-likeness (QED) is 0.687. The molecule has 1 aromatic carbocycles. The Bertz CT molecular complexity index is 851. The molecule has 0 saturated carbocycles. The summed E-state index contributed by atoms with van der Waals surface area (Å²) in [6.07, 6.45) is 5.04. The van der Waals surface area contributed by atoms with E-state index in [4.69, 9.17) is 4.74 Å². The molecular weight excluding hydrogens is 308 g/mol. The molecule has 2 heterocycles. The van der Waals surface area contributed by atoms with Crippen LogP contribution in [0.3, 0.4) is 0 Å². The van der Waals surface area contributed by atoms with Gasteiger partial charge in [0, 0.05) is 16.8 Å². The number of aromatic nitrogens is 2. The fraction of sp³-hybridized carbons (Fsp3) is 0.333. The highest BCUT2D eigenvalue weighted by Gasteiger charge is 2.25. The Balaban J connectivity index is 1.64. The van der Waals surface area contributed by atoms with Gasteiger partial charge in [-0.3, -0.25) is 4.40 Å². The molecule has 1 aliphatic rings. The minimum Gasteiger partial charge on any atom is -0.461 e. The Kier molecular flexibility index (Phi) is 3.65. The van der Waals surface area contributed by atoms with Gasteiger partial charge in [0.25, 0.3) is 0 Å². The number of imidazole rings is 1. The van der Waals surface area contributed by atoms with Gasteiger partial charge < -0.3 is 4.74 Å². The number of carbonyl (C=O) groups excluding carboxylic acids is 1. The summed E-state index contributed by atoms with van der Waals surface area (Å²) in [5.41, 5.74) is 3.13. The van der Waals surface area contributed by atoms with Crippen molar-refractivity contribution in [1.82, 2.24) is 9.38 Å². The van der Waals surface area contributed by atoms with E-state index in [9.17, 15) is 4.79 Å². The molecule has 1 atom stereocenters. The largest absolute Gasteiger partial charge is 0.461 e. The summed E-state index contributed by atoms with van der Waals surface area (Å²) in [5.74, 6) is 0.242. The van der Waals surface area contributed by atoms with Crippen LogP contribution in [0.15, 0.2) is 36.5 Å². The van der Waals surface area contributed by atoms with Crippen LogP contribution in [0.25, 0.3) is 4.96 Å². The topological polar surface area (TPSA) is 43.6 Å². The fourth-order valence-corrected chi connectivity index (χ4v) is 4.53. The number of hydrogen-bond donors (Lipinski definition) is 0. The SMILES string of the molecule is CCOC(=O)c1cn2c3c(sc2n1)CC(c1ccccc1)CC3. The molecule has 0 bridgehead atoms. The second-order valence-electron chi connectivity index (χ2n) is 5.82.